The van der Waals surface area contributed by atoms with Gasteiger partial charge in [0.1, 0.15) is 0 Å². The second kappa shape index (κ2) is 6.49. The van der Waals surface area contributed by atoms with Gasteiger partial charge in [-0.1, -0.05) is 25.0 Å². The summed E-state index contributed by atoms with van der Waals surface area (Å²) in [5.74, 6) is 0. The molecule has 0 unspecified atom stereocenters. The number of aryl methyl sites for hydroxylation is 2. The van der Waals surface area contributed by atoms with Crippen molar-refractivity contribution in [1.82, 2.24) is 9.88 Å². The molecule has 1 aliphatic rings. The molecule has 0 atom stereocenters. The Labute approximate surface area is 132 Å². The first-order valence-electron chi connectivity index (χ1n) is 8.16. The standard InChI is InChI=1S/C19H24N2O/c1-14-6-5-9-18(10-14)21-13-16(19(22)11-15(21)2)12-20-17-7-3-4-8-17/h5-6,9-11,13,17,20H,3-4,7-8,12H2,1-2H3. The van der Waals surface area contributed by atoms with E-state index in [0.717, 1.165) is 16.9 Å². The summed E-state index contributed by atoms with van der Waals surface area (Å²) in [5, 5.41) is 3.53. The van der Waals surface area contributed by atoms with Crippen LogP contribution in [0, 0.1) is 13.8 Å². The quantitative estimate of drug-likeness (QED) is 0.937. The van der Waals surface area contributed by atoms with E-state index in [1.807, 2.05) is 13.1 Å². The molecule has 1 fully saturated rings. The Bertz CT molecular complexity index is 712. The molecule has 3 heteroatoms. The van der Waals surface area contributed by atoms with E-state index in [-0.39, 0.29) is 5.43 Å². The number of benzene rings is 1. The Kier molecular flexibility index (Phi) is 4.44. The lowest BCUT2D eigenvalue weighted by atomic mass is 10.1. The van der Waals surface area contributed by atoms with Gasteiger partial charge in [0.2, 0.25) is 0 Å². The van der Waals surface area contributed by atoms with Crippen molar-refractivity contribution >= 4 is 0 Å². The molecule has 0 bridgehead atoms. The first-order chi connectivity index (χ1) is 10.6. The van der Waals surface area contributed by atoms with E-state index in [9.17, 15) is 4.79 Å². The van der Waals surface area contributed by atoms with Gasteiger partial charge in [0.15, 0.2) is 5.43 Å². The molecular formula is C19H24N2O. The first kappa shape index (κ1) is 15.0. The summed E-state index contributed by atoms with van der Waals surface area (Å²) in [6, 6.07) is 10.7. The van der Waals surface area contributed by atoms with E-state index in [1.165, 1.54) is 31.2 Å². The predicted molar refractivity (Wildman–Crippen MR) is 90.6 cm³/mol. The highest BCUT2D eigenvalue weighted by atomic mass is 16.1. The van der Waals surface area contributed by atoms with Crippen molar-refractivity contribution in [1.29, 1.82) is 0 Å². The molecule has 22 heavy (non-hydrogen) atoms. The highest BCUT2D eigenvalue weighted by molar-refractivity contribution is 5.38. The molecule has 1 saturated carbocycles. The van der Waals surface area contributed by atoms with Gasteiger partial charge >= 0.3 is 0 Å². The van der Waals surface area contributed by atoms with Crippen molar-refractivity contribution < 1.29 is 0 Å². The lowest BCUT2D eigenvalue weighted by Gasteiger charge is -2.15. The maximum absolute atomic E-state index is 12.2. The van der Waals surface area contributed by atoms with E-state index in [0.29, 0.717) is 12.6 Å². The van der Waals surface area contributed by atoms with Crippen LogP contribution in [0.1, 0.15) is 42.5 Å². The van der Waals surface area contributed by atoms with Crippen LogP contribution >= 0.6 is 0 Å². The molecule has 116 valence electrons. The van der Waals surface area contributed by atoms with Gasteiger partial charge in [-0.15, -0.1) is 0 Å². The van der Waals surface area contributed by atoms with E-state index < -0.39 is 0 Å². The fraction of sp³-hybridized carbons (Fsp3) is 0.421. The van der Waals surface area contributed by atoms with Gasteiger partial charge in [-0.05, 0) is 44.4 Å². The number of pyridine rings is 1. The average Bonchev–Trinajstić information content (AvgIpc) is 2.99. The summed E-state index contributed by atoms with van der Waals surface area (Å²) in [4.78, 5) is 12.2. The number of hydrogen-bond acceptors (Lipinski definition) is 2. The zero-order valence-corrected chi connectivity index (χ0v) is 13.4. The number of nitrogens with zero attached hydrogens (tertiary/aromatic N) is 1. The predicted octanol–water partition coefficient (Wildman–Crippen LogP) is 3.49. The zero-order chi connectivity index (χ0) is 15.5. The van der Waals surface area contributed by atoms with Gasteiger partial charge in [0, 0.05) is 41.8 Å². The van der Waals surface area contributed by atoms with Crippen LogP contribution in [0.15, 0.2) is 41.3 Å². The smallest absolute Gasteiger partial charge is 0.186 e. The Morgan fingerprint density at radius 3 is 2.68 bits per heavy atom. The third-order valence-electron chi connectivity index (χ3n) is 4.54. The SMILES string of the molecule is Cc1cccc(-n2cc(CNC3CCCC3)c(=O)cc2C)c1. The monoisotopic (exact) mass is 296 g/mol. The van der Waals surface area contributed by atoms with E-state index in [1.54, 1.807) is 6.07 Å². The van der Waals surface area contributed by atoms with Crippen molar-refractivity contribution in [3.63, 3.8) is 0 Å². The minimum absolute atomic E-state index is 0.131. The lowest BCUT2D eigenvalue weighted by Crippen LogP contribution is -2.28. The van der Waals surface area contributed by atoms with Gasteiger partial charge < -0.3 is 9.88 Å². The van der Waals surface area contributed by atoms with Crippen molar-refractivity contribution in [2.75, 3.05) is 0 Å². The largest absolute Gasteiger partial charge is 0.321 e. The van der Waals surface area contributed by atoms with E-state index in [4.69, 9.17) is 0 Å². The van der Waals surface area contributed by atoms with Crippen LogP contribution in [0.5, 0.6) is 0 Å². The molecule has 2 aromatic rings. The van der Waals surface area contributed by atoms with Crippen LogP contribution in [-0.4, -0.2) is 10.6 Å². The molecular weight excluding hydrogens is 272 g/mol. The molecule has 0 saturated heterocycles. The average molecular weight is 296 g/mol. The normalized spacial score (nSPS) is 15.4. The molecule has 0 amide bonds. The second-order valence-corrected chi connectivity index (χ2v) is 6.38. The van der Waals surface area contributed by atoms with Crippen molar-refractivity contribution in [3.05, 3.63) is 63.6 Å². The third-order valence-corrected chi connectivity index (χ3v) is 4.54. The zero-order valence-electron chi connectivity index (χ0n) is 13.4. The summed E-state index contributed by atoms with van der Waals surface area (Å²) in [7, 11) is 0. The first-order valence-corrected chi connectivity index (χ1v) is 8.16. The highest BCUT2D eigenvalue weighted by Crippen LogP contribution is 2.18. The van der Waals surface area contributed by atoms with Crippen LogP contribution in [0.25, 0.3) is 5.69 Å². The Morgan fingerprint density at radius 1 is 1.18 bits per heavy atom. The molecule has 1 N–H and O–H groups in total. The fourth-order valence-corrected chi connectivity index (χ4v) is 3.25. The van der Waals surface area contributed by atoms with Crippen LogP contribution in [-0.2, 0) is 6.54 Å². The fourth-order valence-electron chi connectivity index (χ4n) is 3.25. The molecule has 3 nitrogen and oxygen atoms in total. The van der Waals surface area contributed by atoms with Crippen molar-refractivity contribution in [2.45, 2.75) is 52.1 Å². The Morgan fingerprint density at radius 2 is 1.95 bits per heavy atom. The minimum atomic E-state index is 0.131. The Balaban J connectivity index is 1.87. The summed E-state index contributed by atoms with van der Waals surface area (Å²) in [6.45, 7) is 4.73. The van der Waals surface area contributed by atoms with Crippen LogP contribution < -0.4 is 10.7 Å². The molecule has 0 aliphatic heterocycles. The van der Waals surface area contributed by atoms with E-state index in [2.05, 4.69) is 41.1 Å². The summed E-state index contributed by atoms with van der Waals surface area (Å²) >= 11 is 0. The number of hydrogen-bond donors (Lipinski definition) is 1. The van der Waals surface area contributed by atoms with Gasteiger partial charge in [-0.3, -0.25) is 4.79 Å². The molecule has 1 aliphatic carbocycles. The molecule has 1 aromatic heterocycles. The minimum Gasteiger partial charge on any atom is -0.321 e. The van der Waals surface area contributed by atoms with Crippen molar-refractivity contribution in [2.24, 2.45) is 0 Å². The van der Waals surface area contributed by atoms with Gasteiger partial charge in [0.25, 0.3) is 0 Å². The molecule has 3 rings (SSSR count). The third kappa shape index (κ3) is 3.30. The summed E-state index contributed by atoms with van der Waals surface area (Å²) < 4.78 is 2.11. The Hall–Kier alpha value is -1.87. The lowest BCUT2D eigenvalue weighted by molar-refractivity contribution is 0.522. The molecule has 0 spiro atoms. The maximum atomic E-state index is 12.2. The highest BCUT2D eigenvalue weighted by Gasteiger charge is 2.15. The van der Waals surface area contributed by atoms with Crippen LogP contribution in [0.3, 0.4) is 0 Å². The number of nitrogens with one attached hydrogen (secondary N) is 1. The summed E-state index contributed by atoms with van der Waals surface area (Å²) in [6.07, 6.45) is 7.07. The molecule has 1 heterocycles. The number of rotatable bonds is 4. The second-order valence-electron chi connectivity index (χ2n) is 6.38. The van der Waals surface area contributed by atoms with Crippen molar-refractivity contribution in [3.8, 4) is 5.69 Å². The maximum Gasteiger partial charge on any atom is 0.186 e. The topological polar surface area (TPSA) is 34.0 Å². The van der Waals surface area contributed by atoms with Crippen LogP contribution in [0.4, 0.5) is 0 Å². The summed E-state index contributed by atoms with van der Waals surface area (Å²) in [5.41, 5.74) is 4.28. The van der Waals surface area contributed by atoms with Gasteiger partial charge in [-0.2, -0.15) is 0 Å². The van der Waals surface area contributed by atoms with Crippen LogP contribution in [0.2, 0.25) is 0 Å². The molecule has 1 aromatic carbocycles. The van der Waals surface area contributed by atoms with E-state index >= 15 is 0 Å². The number of aromatic nitrogens is 1. The molecule has 0 radical (unpaired) electrons. The van der Waals surface area contributed by atoms with Gasteiger partial charge in [-0.25, -0.2) is 0 Å². The van der Waals surface area contributed by atoms with Gasteiger partial charge in [0.05, 0.1) is 0 Å².